The van der Waals surface area contributed by atoms with Crippen LogP contribution in [0.2, 0.25) is 5.02 Å². The molecule has 3 rings (SSSR count). The number of Topliss-reactive ketones (excluding diaryl/α,β-unsaturated/α-hetero) is 1. The van der Waals surface area contributed by atoms with Crippen molar-refractivity contribution >= 4 is 28.3 Å². The van der Waals surface area contributed by atoms with Crippen LogP contribution in [0.3, 0.4) is 0 Å². The molecule has 4 heteroatoms. The Hall–Kier alpha value is -1.71. The van der Waals surface area contributed by atoms with Gasteiger partial charge in [-0.25, -0.2) is 0 Å². The first-order valence-corrected chi connectivity index (χ1v) is 8.44. The van der Waals surface area contributed by atoms with Gasteiger partial charge in [0, 0.05) is 28.1 Å². The Morgan fingerprint density at radius 1 is 1.04 bits per heavy atom. The third-order valence-electron chi connectivity index (χ3n) is 4.23. The number of carbonyl (C=O) groups is 1. The zero-order chi connectivity index (χ0) is 17.3. The molecule has 3 aromatic rings. The third kappa shape index (κ3) is 4.47. The minimum atomic E-state index is 0. The standard InChI is InChI=1S/C21H21ClNO.BrH/c1-21(2,3)17-8-6-15(7-9-17)20(24)14-23-12-4-5-16-13-18(22)10-11-19(16)23;/h4-13H,14H2,1-3H3;1H/q+1;/p-1. The maximum Gasteiger partial charge on any atom is 0.227 e. The highest BCUT2D eigenvalue weighted by Gasteiger charge is 2.17. The molecule has 0 unspecified atom stereocenters. The molecule has 0 amide bonds. The maximum absolute atomic E-state index is 12.6. The molecule has 0 fully saturated rings. The van der Waals surface area contributed by atoms with Gasteiger partial charge in [-0.1, -0.05) is 56.6 Å². The molecule has 0 aliphatic carbocycles. The molecule has 2 nitrogen and oxygen atoms in total. The molecule has 0 saturated carbocycles. The number of hydrogen-bond donors (Lipinski definition) is 0. The van der Waals surface area contributed by atoms with Crippen molar-refractivity contribution in [1.29, 1.82) is 0 Å². The van der Waals surface area contributed by atoms with Crippen LogP contribution in [-0.2, 0) is 12.0 Å². The van der Waals surface area contributed by atoms with Gasteiger partial charge in [-0.05, 0) is 29.2 Å². The molecule has 1 heterocycles. The lowest BCUT2D eigenvalue weighted by Crippen LogP contribution is -3.00. The number of carbonyl (C=O) groups excluding carboxylic acids is 1. The Bertz CT molecular complexity index is 898. The molecule has 130 valence electrons. The van der Waals surface area contributed by atoms with E-state index in [1.807, 2.05) is 65.4 Å². The number of nitrogens with zero attached hydrogens (tertiary/aromatic N) is 1. The number of aromatic nitrogens is 1. The van der Waals surface area contributed by atoms with Gasteiger partial charge in [-0.15, -0.1) is 0 Å². The summed E-state index contributed by atoms with van der Waals surface area (Å²) in [6, 6.07) is 17.6. The quantitative estimate of drug-likeness (QED) is 0.470. The monoisotopic (exact) mass is 417 g/mol. The van der Waals surface area contributed by atoms with Gasteiger partial charge >= 0.3 is 0 Å². The zero-order valence-electron chi connectivity index (χ0n) is 14.6. The second kappa shape index (κ2) is 7.67. The largest absolute Gasteiger partial charge is 1.00 e. The lowest BCUT2D eigenvalue weighted by Gasteiger charge is -2.18. The highest BCUT2D eigenvalue weighted by atomic mass is 79.9. The highest BCUT2D eigenvalue weighted by Crippen LogP contribution is 2.22. The zero-order valence-corrected chi connectivity index (χ0v) is 16.9. The van der Waals surface area contributed by atoms with Crippen LogP contribution in [0.1, 0.15) is 36.7 Å². The lowest BCUT2D eigenvalue weighted by atomic mass is 9.86. The van der Waals surface area contributed by atoms with E-state index in [1.54, 1.807) is 0 Å². The van der Waals surface area contributed by atoms with Crippen molar-refractivity contribution in [3.05, 3.63) is 76.9 Å². The summed E-state index contributed by atoms with van der Waals surface area (Å²) in [6.45, 7) is 6.82. The number of benzene rings is 2. The Kier molecular flexibility index (Phi) is 6.02. The van der Waals surface area contributed by atoms with E-state index in [-0.39, 0.29) is 28.2 Å². The number of halogens is 2. The van der Waals surface area contributed by atoms with Gasteiger partial charge in [0.15, 0.2) is 6.20 Å². The molecule has 0 aliphatic heterocycles. The van der Waals surface area contributed by atoms with Crippen molar-refractivity contribution in [3.63, 3.8) is 0 Å². The summed E-state index contributed by atoms with van der Waals surface area (Å²) in [5, 5.41) is 1.73. The van der Waals surface area contributed by atoms with Gasteiger partial charge in [0.1, 0.15) is 0 Å². The second-order valence-electron chi connectivity index (χ2n) is 7.09. The number of rotatable bonds is 3. The SMILES string of the molecule is CC(C)(C)c1ccc(C(=O)C[n+]2cccc3cc(Cl)ccc32)cc1.[Br-]. The van der Waals surface area contributed by atoms with Crippen LogP contribution >= 0.6 is 11.6 Å². The minimum Gasteiger partial charge on any atom is -1.00 e. The van der Waals surface area contributed by atoms with Crippen LogP contribution in [0.25, 0.3) is 10.9 Å². The van der Waals surface area contributed by atoms with Gasteiger partial charge in [0.2, 0.25) is 17.8 Å². The fraction of sp³-hybridized carbons (Fsp3) is 0.238. The number of fused-ring (bicyclic) bond motifs is 1. The van der Waals surface area contributed by atoms with Crippen molar-refractivity contribution in [2.45, 2.75) is 32.7 Å². The van der Waals surface area contributed by atoms with E-state index in [1.165, 1.54) is 5.56 Å². The van der Waals surface area contributed by atoms with E-state index in [4.69, 9.17) is 11.6 Å². The van der Waals surface area contributed by atoms with Crippen LogP contribution in [0.15, 0.2) is 60.8 Å². The van der Waals surface area contributed by atoms with Crippen molar-refractivity contribution in [3.8, 4) is 0 Å². The molecule has 0 atom stereocenters. The summed E-state index contributed by atoms with van der Waals surface area (Å²) >= 11 is 6.05. The van der Waals surface area contributed by atoms with Gasteiger partial charge in [-0.3, -0.25) is 4.79 Å². The Morgan fingerprint density at radius 3 is 2.36 bits per heavy atom. The second-order valence-corrected chi connectivity index (χ2v) is 7.53. The molecule has 0 aliphatic rings. The van der Waals surface area contributed by atoms with Crippen LogP contribution in [0.5, 0.6) is 0 Å². The van der Waals surface area contributed by atoms with Crippen LogP contribution in [0.4, 0.5) is 0 Å². The molecular weight excluding hydrogens is 398 g/mol. The number of ketones is 1. The first-order valence-electron chi connectivity index (χ1n) is 8.06. The van der Waals surface area contributed by atoms with Gasteiger partial charge in [0.25, 0.3) is 0 Å². The number of pyridine rings is 1. The van der Waals surface area contributed by atoms with E-state index in [0.717, 1.165) is 16.5 Å². The highest BCUT2D eigenvalue weighted by molar-refractivity contribution is 6.31. The summed E-state index contributed by atoms with van der Waals surface area (Å²) in [5.41, 5.74) is 3.06. The summed E-state index contributed by atoms with van der Waals surface area (Å²) in [6.07, 6.45) is 1.93. The summed E-state index contributed by atoms with van der Waals surface area (Å²) in [4.78, 5) is 12.6. The van der Waals surface area contributed by atoms with E-state index in [2.05, 4.69) is 20.8 Å². The maximum atomic E-state index is 12.6. The summed E-state index contributed by atoms with van der Waals surface area (Å²) < 4.78 is 1.96. The molecule has 0 saturated heterocycles. The summed E-state index contributed by atoms with van der Waals surface area (Å²) in [7, 11) is 0. The van der Waals surface area contributed by atoms with Gasteiger partial charge in [0.05, 0.1) is 0 Å². The smallest absolute Gasteiger partial charge is 0.227 e. The average molecular weight is 419 g/mol. The normalized spacial score (nSPS) is 11.2. The van der Waals surface area contributed by atoms with Crippen molar-refractivity contribution in [2.24, 2.45) is 0 Å². The molecule has 2 aromatic carbocycles. The van der Waals surface area contributed by atoms with Crippen molar-refractivity contribution in [2.75, 3.05) is 0 Å². The number of hydrogen-bond acceptors (Lipinski definition) is 1. The molecule has 0 N–H and O–H groups in total. The molecule has 25 heavy (non-hydrogen) atoms. The minimum absolute atomic E-state index is 0. The Morgan fingerprint density at radius 2 is 1.72 bits per heavy atom. The first kappa shape index (κ1) is 19.6. The predicted octanol–water partition coefficient (Wildman–Crippen LogP) is 1.97. The average Bonchev–Trinajstić information content (AvgIpc) is 2.54. The van der Waals surface area contributed by atoms with Crippen LogP contribution < -0.4 is 21.5 Å². The fourth-order valence-electron chi connectivity index (χ4n) is 2.79. The van der Waals surface area contributed by atoms with Gasteiger partial charge in [-0.2, -0.15) is 4.57 Å². The third-order valence-corrected chi connectivity index (χ3v) is 4.46. The Balaban J connectivity index is 0.00000225. The van der Waals surface area contributed by atoms with E-state index >= 15 is 0 Å². The van der Waals surface area contributed by atoms with Crippen LogP contribution in [-0.4, -0.2) is 5.78 Å². The fourth-order valence-corrected chi connectivity index (χ4v) is 2.97. The Labute approximate surface area is 164 Å². The lowest BCUT2D eigenvalue weighted by molar-refractivity contribution is -0.657. The van der Waals surface area contributed by atoms with Gasteiger partial charge < -0.3 is 17.0 Å². The molecule has 0 radical (unpaired) electrons. The van der Waals surface area contributed by atoms with Crippen LogP contribution in [0, 0.1) is 0 Å². The first-order chi connectivity index (χ1) is 11.3. The van der Waals surface area contributed by atoms with E-state index < -0.39 is 0 Å². The van der Waals surface area contributed by atoms with Crippen molar-refractivity contribution < 1.29 is 26.3 Å². The summed E-state index contributed by atoms with van der Waals surface area (Å²) in [5.74, 6) is 0.0999. The topological polar surface area (TPSA) is 20.9 Å². The molecular formula is C21H21BrClNO. The molecule has 1 aromatic heterocycles. The van der Waals surface area contributed by atoms with Crippen molar-refractivity contribution in [1.82, 2.24) is 0 Å². The predicted molar refractivity (Wildman–Crippen MR) is 98.6 cm³/mol. The van der Waals surface area contributed by atoms with E-state index in [0.29, 0.717) is 11.6 Å². The van der Waals surface area contributed by atoms with E-state index in [9.17, 15) is 4.79 Å². The molecule has 0 bridgehead atoms. The molecule has 0 spiro atoms.